The lowest BCUT2D eigenvalue weighted by atomic mass is 10.1. The summed E-state index contributed by atoms with van der Waals surface area (Å²) in [5.41, 5.74) is 0.576. The zero-order chi connectivity index (χ0) is 13.1. The van der Waals surface area contributed by atoms with Gasteiger partial charge in [-0.1, -0.05) is 30.3 Å². The molecule has 0 aromatic heterocycles. The van der Waals surface area contributed by atoms with Crippen LogP contribution in [0.4, 0.5) is 0 Å². The largest absolute Gasteiger partial charge is 0.468 e. The van der Waals surface area contributed by atoms with Crippen LogP contribution >= 0.6 is 0 Å². The van der Waals surface area contributed by atoms with Crippen LogP contribution in [0.5, 0.6) is 0 Å². The Morgan fingerprint density at radius 3 is 2.24 bits per heavy atom. The third-order valence-electron chi connectivity index (χ3n) is 2.43. The minimum absolute atomic E-state index is 0.576. The highest BCUT2D eigenvalue weighted by Crippen LogP contribution is 2.22. The summed E-state index contributed by atoms with van der Waals surface area (Å²) < 4.78 is 28.6. The molecule has 0 spiro atoms. The predicted octanol–water partition coefficient (Wildman–Crippen LogP) is 0.792. The van der Waals surface area contributed by atoms with E-state index in [-0.39, 0.29) is 0 Å². The number of sulfonamides is 1. The predicted molar refractivity (Wildman–Crippen MR) is 63.8 cm³/mol. The summed E-state index contributed by atoms with van der Waals surface area (Å²) in [4.78, 5) is 11.7. The van der Waals surface area contributed by atoms with Crippen LogP contribution in [-0.2, 0) is 19.6 Å². The van der Waals surface area contributed by atoms with Gasteiger partial charge in [0, 0.05) is 7.05 Å². The number of ether oxygens (including phenoxy) is 1. The molecule has 5 nitrogen and oxygen atoms in total. The van der Waals surface area contributed by atoms with E-state index in [1.54, 1.807) is 30.3 Å². The monoisotopic (exact) mass is 257 g/mol. The Labute approximate surface area is 101 Å². The summed E-state index contributed by atoms with van der Waals surface area (Å²) in [6.07, 6.45) is 1.05. The van der Waals surface area contributed by atoms with Gasteiger partial charge in [0.15, 0.2) is 0 Å². The Morgan fingerprint density at radius 2 is 1.82 bits per heavy atom. The van der Waals surface area contributed by atoms with Gasteiger partial charge in [-0.25, -0.2) is 13.2 Å². The van der Waals surface area contributed by atoms with Crippen molar-refractivity contribution in [1.29, 1.82) is 0 Å². The first-order chi connectivity index (χ1) is 7.88. The zero-order valence-electron chi connectivity index (χ0n) is 9.95. The molecule has 1 atom stereocenters. The van der Waals surface area contributed by atoms with E-state index >= 15 is 0 Å². The summed E-state index contributed by atoms with van der Waals surface area (Å²) in [5, 5.41) is 0. The van der Waals surface area contributed by atoms with Gasteiger partial charge in [0.05, 0.1) is 13.4 Å². The van der Waals surface area contributed by atoms with Crippen molar-refractivity contribution in [3.8, 4) is 0 Å². The molecule has 0 aliphatic rings. The van der Waals surface area contributed by atoms with Crippen LogP contribution in [0.3, 0.4) is 0 Å². The lowest BCUT2D eigenvalue weighted by Crippen LogP contribution is -2.35. The van der Waals surface area contributed by atoms with Gasteiger partial charge in [-0.05, 0) is 5.56 Å². The summed E-state index contributed by atoms with van der Waals surface area (Å²) in [6, 6.07) is 7.68. The van der Waals surface area contributed by atoms with Crippen LogP contribution in [0.2, 0.25) is 0 Å². The van der Waals surface area contributed by atoms with Crippen LogP contribution in [0, 0.1) is 0 Å². The molecular weight excluding hydrogens is 242 g/mol. The quantitative estimate of drug-likeness (QED) is 0.748. The van der Waals surface area contributed by atoms with E-state index in [4.69, 9.17) is 0 Å². The number of carbonyl (C=O) groups excluding carboxylic acids is 1. The fraction of sp³-hybridized carbons (Fsp3) is 0.364. The van der Waals surface area contributed by atoms with Gasteiger partial charge in [0.2, 0.25) is 10.0 Å². The van der Waals surface area contributed by atoms with E-state index in [9.17, 15) is 13.2 Å². The van der Waals surface area contributed by atoms with E-state index < -0.39 is 22.0 Å². The second-order valence-corrected chi connectivity index (χ2v) is 5.66. The topological polar surface area (TPSA) is 63.7 Å². The molecule has 1 aromatic carbocycles. The Balaban J connectivity index is 3.19. The minimum Gasteiger partial charge on any atom is -0.468 e. The highest BCUT2D eigenvalue weighted by atomic mass is 32.2. The Morgan fingerprint density at radius 1 is 1.29 bits per heavy atom. The summed E-state index contributed by atoms with van der Waals surface area (Å²) in [7, 11) is -0.891. The standard InChI is InChI=1S/C11H15NO4S/c1-12(17(3,14)15)10(11(13)16-2)9-7-5-4-6-8-9/h4-8,10H,1-3H3. The summed E-state index contributed by atoms with van der Waals surface area (Å²) in [5.74, 6) is -0.607. The van der Waals surface area contributed by atoms with Gasteiger partial charge >= 0.3 is 5.97 Å². The highest BCUT2D eigenvalue weighted by Gasteiger charge is 2.31. The molecule has 94 valence electrons. The number of methoxy groups -OCH3 is 1. The van der Waals surface area contributed by atoms with Gasteiger partial charge in [0.25, 0.3) is 0 Å². The van der Waals surface area contributed by atoms with Crippen molar-refractivity contribution in [1.82, 2.24) is 4.31 Å². The highest BCUT2D eigenvalue weighted by molar-refractivity contribution is 7.88. The van der Waals surface area contributed by atoms with Crippen molar-refractivity contribution in [3.63, 3.8) is 0 Å². The first-order valence-electron chi connectivity index (χ1n) is 4.93. The lowest BCUT2D eigenvalue weighted by Gasteiger charge is -2.24. The van der Waals surface area contributed by atoms with Crippen LogP contribution in [0.1, 0.15) is 11.6 Å². The molecular formula is C11H15NO4S. The number of rotatable bonds is 4. The molecule has 0 radical (unpaired) electrons. The second kappa shape index (κ2) is 5.29. The Kier molecular flexibility index (Phi) is 4.25. The number of carbonyl (C=O) groups is 1. The number of nitrogens with zero attached hydrogens (tertiary/aromatic N) is 1. The maximum Gasteiger partial charge on any atom is 0.328 e. The SMILES string of the molecule is COC(=O)C(c1ccccc1)N(C)S(C)(=O)=O. The molecule has 0 aliphatic heterocycles. The molecule has 0 saturated heterocycles. The first-order valence-corrected chi connectivity index (χ1v) is 6.78. The van der Waals surface area contributed by atoms with Gasteiger partial charge < -0.3 is 4.74 Å². The van der Waals surface area contributed by atoms with Crippen molar-refractivity contribution >= 4 is 16.0 Å². The van der Waals surface area contributed by atoms with Gasteiger partial charge in [-0.2, -0.15) is 4.31 Å². The average molecular weight is 257 g/mol. The molecule has 0 saturated carbocycles. The van der Waals surface area contributed by atoms with Crippen molar-refractivity contribution < 1.29 is 17.9 Å². The van der Waals surface area contributed by atoms with E-state index in [0.29, 0.717) is 5.56 Å². The van der Waals surface area contributed by atoms with Crippen LogP contribution in [0.25, 0.3) is 0 Å². The van der Waals surface area contributed by atoms with Crippen LogP contribution in [0.15, 0.2) is 30.3 Å². The molecule has 0 fully saturated rings. The first kappa shape index (κ1) is 13.7. The second-order valence-electron chi connectivity index (χ2n) is 3.62. The summed E-state index contributed by atoms with van der Waals surface area (Å²) >= 11 is 0. The third-order valence-corrected chi connectivity index (χ3v) is 3.68. The van der Waals surface area contributed by atoms with Crippen molar-refractivity contribution in [2.24, 2.45) is 0 Å². The van der Waals surface area contributed by atoms with Gasteiger partial charge in [0.1, 0.15) is 6.04 Å². The van der Waals surface area contributed by atoms with E-state index in [1.807, 2.05) is 0 Å². The third kappa shape index (κ3) is 3.28. The molecule has 0 aliphatic carbocycles. The van der Waals surface area contributed by atoms with E-state index in [1.165, 1.54) is 14.2 Å². The molecule has 1 aromatic rings. The molecule has 0 heterocycles. The van der Waals surface area contributed by atoms with Crippen molar-refractivity contribution in [2.45, 2.75) is 6.04 Å². The normalized spacial score (nSPS) is 13.4. The number of benzene rings is 1. The zero-order valence-corrected chi connectivity index (χ0v) is 10.8. The molecule has 0 amide bonds. The fourth-order valence-corrected chi connectivity index (χ4v) is 2.02. The minimum atomic E-state index is -3.47. The van der Waals surface area contributed by atoms with E-state index in [2.05, 4.69) is 4.74 Å². The molecule has 0 N–H and O–H groups in total. The molecule has 6 heteroatoms. The van der Waals surface area contributed by atoms with Crippen molar-refractivity contribution in [3.05, 3.63) is 35.9 Å². The lowest BCUT2D eigenvalue weighted by molar-refractivity contribution is -0.145. The van der Waals surface area contributed by atoms with Crippen LogP contribution < -0.4 is 0 Å². The molecule has 0 bridgehead atoms. The average Bonchev–Trinajstić information content (AvgIpc) is 2.29. The maximum atomic E-state index is 11.7. The Bertz CT molecular complexity index is 483. The van der Waals surface area contributed by atoms with E-state index in [0.717, 1.165) is 10.6 Å². The van der Waals surface area contributed by atoms with Gasteiger partial charge in [-0.3, -0.25) is 0 Å². The number of esters is 1. The Hall–Kier alpha value is -1.40. The fourth-order valence-electron chi connectivity index (χ4n) is 1.43. The van der Waals surface area contributed by atoms with Gasteiger partial charge in [-0.15, -0.1) is 0 Å². The molecule has 1 unspecified atom stereocenters. The molecule has 17 heavy (non-hydrogen) atoms. The number of hydrogen-bond acceptors (Lipinski definition) is 4. The number of likely N-dealkylation sites (N-methyl/N-ethyl adjacent to an activating group) is 1. The summed E-state index contributed by atoms with van der Waals surface area (Å²) in [6.45, 7) is 0. The molecule has 1 rings (SSSR count). The van der Waals surface area contributed by atoms with Crippen molar-refractivity contribution in [2.75, 3.05) is 20.4 Å². The smallest absolute Gasteiger partial charge is 0.328 e. The maximum absolute atomic E-state index is 11.7. The van der Waals surface area contributed by atoms with Crippen LogP contribution in [-0.4, -0.2) is 39.1 Å². The number of hydrogen-bond donors (Lipinski definition) is 0.